The number of hydrogen-bond acceptors (Lipinski definition) is 2. The fourth-order valence-corrected chi connectivity index (χ4v) is 2.60. The van der Waals surface area contributed by atoms with Crippen LogP contribution in [0.25, 0.3) is 0 Å². The van der Waals surface area contributed by atoms with Gasteiger partial charge in [-0.1, -0.05) is 25.1 Å². The van der Waals surface area contributed by atoms with E-state index in [1.54, 1.807) is 0 Å². The first-order valence-corrected chi connectivity index (χ1v) is 6.78. The van der Waals surface area contributed by atoms with E-state index in [9.17, 15) is 4.79 Å². The topological polar surface area (TPSA) is 32.3 Å². The van der Waals surface area contributed by atoms with Crippen molar-refractivity contribution >= 4 is 11.6 Å². The first-order valence-electron chi connectivity index (χ1n) is 6.78. The number of carbonyl (C=O) groups is 1. The molecule has 1 fully saturated rings. The maximum absolute atomic E-state index is 12.0. The van der Waals surface area contributed by atoms with Gasteiger partial charge in [-0.15, -0.1) is 0 Å². The van der Waals surface area contributed by atoms with Gasteiger partial charge in [-0.25, -0.2) is 0 Å². The van der Waals surface area contributed by atoms with Gasteiger partial charge in [0.1, 0.15) is 0 Å². The molecule has 1 heterocycles. The van der Waals surface area contributed by atoms with E-state index in [4.69, 9.17) is 0 Å². The fraction of sp³-hybridized carbons (Fsp3) is 0.533. The lowest BCUT2D eigenvalue weighted by atomic mass is 10.1. The molecule has 1 amide bonds. The zero-order valence-electron chi connectivity index (χ0n) is 11.3. The van der Waals surface area contributed by atoms with Gasteiger partial charge in [-0.2, -0.15) is 0 Å². The molecule has 0 saturated carbocycles. The Hall–Kier alpha value is -1.35. The highest BCUT2D eigenvalue weighted by molar-refractivity contribution is 5.91. The van der Waals surface area contributed by atoms with Gasteiger partial charge in [0, 0.05) is 18.2 Å². The molecule has 0 aromatic heterocycles. The first kappa shape index (κ1) is 13.1. The highest BCUT2D eigenvalue weighted by Crippen LogP contribution is 2.20. The van der Waals surface area contributed by atoms with Gasteiger partial charge in [0.2, 0.25) is 5.91 Å². The van der Waals surface area contributed by atoms with Crippen molar-refractivity contribution in [2.24, 2.45) is 0 Å². The van der Waals surface area contributed by atoms with E-state index in [-0.39, 0.29) is 5.91 Å². The van der Waals surface area contributed by atoms with Crippen LogP contribution in [0.15, 0.2) is 24.3 Å². The van der Waals surface area contributed by atoms with Crippen LogP contribution in [0.2, 0.25) is 0 Å². The summed E-state index contributed by atoms with van der Waals surface area (Å²) in [7, 11) is 2.10. The van der Waals surface area contributed by atoms with Gasteiger partial charge in [0.05, 0.1) is 0 Å². The molecule has 1 aromatic rings. The summed E-state index contributed by atoms with van der Waals surface area (Å²) in [5, 5.41) is 3.04. The number of aryl methyl sites for hydroxylation is 1. The van der Waals surface area contributed by atoms with Crippen molar-refractivity contribution in [3.63, 3.8) is 0 Å². The van der Waals surface area contributed by atoms with Crippen molar-refractivity contribution in [1.82, 2.24) is 4.90 Å². The summed E-state index contributed by atoms with van der Waals surface area (Å²) in [4.78, 5) is 14.3. The van der Waals surface area contributed by atoms with Crippen LogP contribution in [0.1, 0.15) is 31.7 Å². The second kappa shape index (κ2) is 6.01. The van der Waals surface area contributed by atoms with E-state index in [2.05, 4.69) is 30.3 Å². The van der Waals surface area contributed by atoms with E-state index in [1.165, 1.54) is 12.0 Å². The Balaban J connectivity index is 1.94. The first-order chi connectivity index (χ1) is 8.70. The van der Waals surface area contributed by atoms with E-state index in [0.717, 1.165) is 25.1 Å². The minimum atomic E-state index is 0.134. The molecule has 2 rings (SSSR count). The number of hydrogen-bond donors (Lipinski definition) is 1. The minimum Gasteiger partial charge on any atom is -0.326 e. The van der Waals surface area contributed by atoms with Crippen LogP contribution in [-0.2, 0) is 11.2 Å². The van der Waals surface area contributed by atoms with Gasteiger partial charge in [-0.05, 0) is 44.5 Å². The summed E-state index contributed by atoms with van der Waals surface area (Å²) in [6, 6.07) is 8.45. The largest absolute Gasteiger partial charge is 0.326 e. The lowest BCUT2D eigenvalue weighted by Gasteiger charge is -2.19. The number of rotatable bonds is 4. The summed E-state index contributed by atoms with van der Waals surface area (Å²) < 4.78 is 0. The maximum atomic E-state index is 12.0. The number of nitrogens with zero attached hydrogens (tertiary/aromatic N) is 1. The van der Waals surface area contributed by atoms with Gasteiger partial charge in [-0.3, -0.25) is 4.79 Å². The van der Waals surface area contributed by atoms with E-state index >= 15 is 0 Å². The van der Waals surface area contributed by atoms with Gasteiger partial charge < -0.3 is 10.2 Å². The predicted molar refractivity (Wildman–Crippen MR) is 74.7 cm³/mol. The normalized spacial score (nSPS) is 20.0. The number of benzene rings is 1. The Morgan fingerprint density at radius 2 is 2.22 bits per heavy atom. The number of para-hydroxylation sites is 1. The van der Waals surface area contributed by atoms with Crippen LogP contribution >= 0.6 is 0 Å². The lowest BCUT2D eigenvalue weighted by Crippen LogP contribution is -2.29. The molecule has 0 spiro atoms. The molecule has 98 valence electrons. The van der Waals surface area contributed by atoms with Crippen LogP contribution < -0.4 is 5.32 Å². The minimum absolute atomic E-state index is 0.134. The third-order valence-corrected chi connectivity index (χ3v) is 3.76. The zero-order valence-corrected chi connectivity index (χ0v) is 11.3. The molecule has 1 aliphatic heterocycles. The summed E-state index contributed by atoms with van der Waals surface area (Å²) >= 11 is 0. The Morgan fingerprint density at radius 1 is 1.44 bits per heavy atom. The Bertz CT molecular complexity index is 417. The highest BCUT2D eigenvalue weighted by atomic mass is 16.1. The molecule has 1 aromatic carbocycles. The third kappa shape index (κ3) is 3.10. The van der Waals surface area contributed by atoms with E-state index in [1.807, 2.05) is 18.2 Å². The molecule has 1 atom stereocenters. The van der Waals surface area contributed by atoms with Crippen molar-refractivity contribution in [3.05, 3.63) is 29.8 Å². The third-order valence-electron chi connectivity index (χ3n) is 3.76. The smallest absolute Gasteiger partial charge is 0.225 e. The SMILES string of the molecule is CCc1ccccc1NC(=O)CC1CCCN1C. The van der Waals surface area contributed by atoms with E-state index < -0.39 is 0 Å². The van der Waals surface area contributed by atoms with Crippen LogP contribution in [0.3, 0.4) is 0 Å². The van der Waals surface area contributed by atoms with Crippen molar-refractivity contribution < 1.29 is 4.79 Å². The molecular formula is C15H22N2O. The molecular weight excluding hydrogens is 224 g/mol. The van der Waals surface area contributed by atoms with Gasteiger partial charge >= 0.3 is 0 Å². The average molecular weight is 246 g/mol. The van der Waals surface area contributed by atoms with Gasteiger partial charge in [0.25, 0.3) is 0 Å². The van der Waals surface area contributed by atoms with Gasteiger partial charge in [0.15, 0.2) is 0 Å². The molecule has 1 saturated heterocycles. The van der Waals surface area contributed by atoms with Crippen molar-refractivity contribution in [2.45, 2.75) is 38.6 Å². The van der Waals surface area contributed by atoms with Crippen molar-refractivity contribution in [2.75, 3.05) is 18.9 Å². The molecule has 1 N–H and O–H groups in total. The zero-order chi connectivity index (χ0) is 13.0. The quantitative estimate of drug-likeness (QED) is 0.886. The number of likely N-dealkylation sites (tertiary alicyclic amines) is 1. The monoisotopic (exact) mass is 246 g/mol. The second-order valence-corrected chi connectivity index (χ2v) is 5.04. The second-order valence-electron chi connectivity index (χ2n) is 5.04. The number of carbonyl (C=O) groups excluding carboxylic acids is 1. The Morgan fingerprint density at radius 3 is 2.89 bits per heavy atom. The molecule has 18 heavy (non-hydrogen) atoms. The number of nitrogens with one attached hydrogen (secondary N) is 1. The van der Waals surface area contributed by atoms with Crippen molar-refractivity contribution in [3.8, 4) is 0 Å². The maximum Gasteiger partial charge on any atom is 0.225 e. The summed E-state index contributed by atoms with van der Waals surface area (Å²) in [6.45, 7) is 3.22. The number of amides is 1. The molecule has 0 radical (unpaired) electrons. The Labute approximate surface area is 109 Å². The number of anilines is 1. The van der Waals surface area contributed by atoms with Crippen LogP contribution in [0.5, 0.6) is 0 Å². The summed E-state index contributed by atoms with van der Waals surface area (Å²) in [6.07, 6.45) is 3.90. The van der Waals surface area contributed by atoms with Crippen LogP contribution in [0, 0.1) is 0 Å². The summed E-state index contributed by atoms with van der Waals surface area (Å²) in [5.74, 6) is 0.134. The summed E-state index contributed by atoms with van der Waals surface area (Å²) in [5.41, 5.74) is 2.16. The molecule has 3 heteroatoms. The molecule has 3 nitrogen and oxygen atoms in total. The molecule has 1 aliphatic rings. The predicted octanol–water partition coefficient (Wildman–Crippen LogP) is 2.67. The fourth-order valence-electron chi connectivity index (χ4n) is 2.60. The average Bonchev–Trinajstić information content (AvgIpc) is 2.75. The Kier molecular flexibility index (Phi) is 4.37. The highest BCUT2D eigenvalue weighted by Gasteiger charge is 2.23. The lowest BCUT2D eigenvalue weighted by molar-refractivity contribution is -0.117. The van der Waals surface area contributed by atoms with Crippen molar-refractivity contribution in [1.29, 1.82) is 0 Å². The molecule has 0 aliphatic carbocycles. The standard InChI is InChI=1S/C15H22N2O/c1-3-12-7-4-5-9-14(12)16-15(18)11-13-8-6-10-17(13)2/h4-5,7,9,13H,3,6,8,10-11H2,1-2H3,(H,16,18). The molecule has 1 unspecified atom stereocenters. The van der Waals surface area contributed by atoms with Crippen LogP contribution in [-0.4, -0.2) is 30.4 Å². The molecule has 0 bridgehead atoms. The van der Waals surface area contributed by atoms with E-state index in [0.29, 0.717) is 12.5 Å². The van der Waals surface area contributed by atoms with Crippen LogP contribution in [0.4, 0.5) is 5.69 Å².